The second-order valence-corrected chi connectivity index (χ2v) is 10.9. The number of aromatic nitrogens is 2. The fourth-order valence-electron chi connectivity index (χ4n) is 4.34. The van der Waals surface area contributed by atoms with E-state index in [-0.39, 0.29) is 23.8 Å². The number of anilines is 1. The summed E-state index contributed by atoms with van der Waals surface area (Å²) in [5.74, 6) is 0.403. The molecular formula is C21H28N4O4S2. The van der Waals surface area contributed by atoms with Crippen molar-refractivity contribution in [1.82, 2.24) is 14.5 Å². The molecule has 31 heavy (non-hydrogen) atoms. The van der Waals surface area contributed by atoms with Crippen molar-refractivity contribution < 1.29 is 17.6 Å². The van der Waals surface area contributed by atoms with E-state index in [0.29, 0.717) is 36.7 Å². The highest BCUT2D eigenvalue weighted by atomic mass is 32.2. The maximum Gasteiger partial charge on any atom is 0.322 e. The number of benzene rings is 1. The molecule has 1 aromatic heterocycles. The van der Waals surface area contributed by atoms with Gasteiger partial charge in [0.25, 0.3) is 0 Å². The quantitative estimate of drug-likeness (QED) is 0.647. The fraction of sp³-hybridized carbons (Fsp3) is 0.571. The molecule has 0 radical (unpaired) electrons. The molecule has 0 spiro atoms. The average Bonchev–Trinajstić information content (AvgIpc) is 3.28. The Labute approximate surface area is 187 Å². The van der Waals surface area contributed by atoms with E-state index >= 15 is 0 Å². The number of amides is 1. The van der Waals surface area contributed by atoms with Gasteiger partial charge in [0.2, 0.25) is 21.8 Å². The maximum atomic E-state index is 13.1. The minimum Gasteiger partial charge on any atom is -0.408 e. The minimum absolute atomic E-state index is 0.134. The zero-order valence-corrected chi connectivity index (χ0v) is 19.3. The van der Waals surface area contributed by atoms with Crippen LogP contribution in [0.1, 0.15) is 56.8 Å². The third kappa shape index (κ3) is 4.96. The van der Waals surface area contributed by atoms with E-state index in [4.69, 9.17) is 4.42 Å². The Balaban J connectivity index is 1.34. The molecule has 2 heterocycles. The zero-order valence-electron chi connectivity index (χ0n) is 17.6. The first-order chi connectivity index (χ1) is 15.0. The van der Waals surface area contributed by atoms with E-state index in [1.54, 1.807) is 12.1 Å². The van der Waals surface area contributed by atoms with Crippen molar-refractivity contribution >= 4 is 33.7 Å². The Kier molecular flexibility index (Phi) is 6.98. The van der Waals surface area contributed by atoms with Crippen LogP contribution < -0.4 is 5.32 Å². The third-order valence-electron chi connectivity index (χ3n) is 6.14. The summed E-state index contributed by atoms with van der Waals surface area (Å²) in [4.78, 5) is 13.7. The van der Waals surface area contributed by atoms with E-state index in [9.17, 15) is 13.2 Å². The molecule has 2 aliphatic rings. The fourth-order valence-corrected chi connectivity index (χ4v) is 6.93. The number of rotatable bonds is 6. The molecule has 10 heteroatoms. The lowest BCUT2D eigenvalue weighted by atomic mass is 9.89. The van der Waals surface area contributed by atoms with Crippen molar-refractivity contribution in [2.45, 2.75) is 60.7 Å². The molecule has 1 aromatic carbocycles. The van der Waals surface area contributed by atoms with Gasteiger partial charge in [-0.15, -0.1) is 16.9 Å². The van der Waals surface area contributed by atoms with Crippen molar-refractivity contribution in [1.29, 1.82) is 0 Å². The Morgan fingerprint density at radius 1 is 1.10 bits per heavy atom. The van der Waals surface area contributed by atoms with E-state index in [1.807, 2.05) is 18.4 Å². The molecule has 1 aliphatic carbocycles. The van der Waals surface area contributed by atoms with Crippen LogP contribution in [0.15, 0.2) is 38.5 Å². The molecule has 0 bridgehead atoms. The first-order valence-corrected chi connectivity index (χ1v) is 13.4. The third-order valence-corrected chi connectivity index (χ3v) is 9.02. The first kappa shape index (κ1) is 22.3. The molecule has 0 unspecified atom stereocenters. The number of hydrogen-bond acceptors (Lipinski definition) is 7. The normalized spacial score (nSPS) is 19.4. The van der Waals surface area contributed by atoms with E-state index in [2.05, 4.69) is 15.5 Å². The van der Waals surface area contributed by atoms with Crippen molar-refractivity contribution in [2.75, 3.05) is 24.7 Å². The molecule has 8 nitrogen and oxygen atoms in total. The van der Waals surface area contributed by atoms with Gasteiger partial charge >= 0.3 is 6.01 Å². The Morgan fingerprint density at radius 2 is 1.81 bits per heavy atom. The van der Waals surface area contributed by atoms with E-state index < -0.39 is 10.0 Å². The molecule has 1 saturated carbocycles. The van der Waals surface area contributed by atoms with Gasteiger partial charge in [-0.2, -0.15) is 4.31 Å². The van der Waals surface area contributed by atoms with Crippen molar-refractivity contribution in [3.05, 3.63) is 30.2 Å². The molecule has 1 saturated heterocycles. The highest BCUT2D eigenvalue weighted by Gasteiger charge is 2.33. The molecule has 1 N–H and O–H groups in total. The van der Waals surface area contributed by atoms with Crippen LogP contribution in [0.4, 0.5) is 6.01 Å². The first-order valence-electron chi connectivity index (χ1n) is 10.8. The topological polar surface area (TPSA) is 105 Å². The van der Waals surface area contributed by atoms with Crippen LogP contribution in [-0.4, -0.2) is 48.2 Å². The summed E-state index contributed by atoms with van der Waals surface area (Å²) in [7, 11) is -3.58. The summed E-state index contributed by atoms with van der Waals surface area (Å²) < 4.78 is 33.3. The Hall–Kier alpha value is -1.91. The monoisotopic (exact) mass is 464 g/mol. The summed E-state index contributed by atoms with van der Waals surface area (Å²) in [6, 6.07) is 7.15. The van der Waals surface area contributed by atoms with Gasteiger partial charge in [-0.1, -0.05) is 36.5 Å². The van der Waals surface area contributed by atoms with Crippen LogP contribution in [0, 0.1) is 5.92 Å². The molecule has 168 valence electrons. The summed E-state index contributed by atoms with van der Waals surface area (Å²) in [5.41, 5.74) is 0. The van der Waals surface area contributed by atoms with Crippen molar-refractivity contribution in [2.24, 2.45) is 5.92 Å². The zero-order chi connectivity index (χ0) is 21.8. The van der Waals surface area contributed by atoms with Gasteiger partial charge in [0.15, 0.2) is 0 Å². The van der Waals surface area contributed by atoms with Gasteiger partial charge in [-0.05, 0) is 44.1 Å². The number of thioether (sulfide) groups is 1. The van der Waals surface area contributed by atoms with Gasteiger partial charge in [0.05, 0.1) is 4.90 Å². The van der Waals surface area contributed by atoms with Gasteiger partial charge < -0.3 is 4.42 Å². The van der Waals surface area contributed by atoms with Gasteiger partial charge in [0, 0.05) is 29.8 Å². The second-order valence-electron chi connectivity index (χ2n) is 8.10. The van der Waals surface area contributed by atoms with E-state index in [0.717, 1.165) is 30.6 Å². The lowest BCUT2D eigenvalue weighted by molar-refractivity contribution is -0.121. The van der Waals surface area contributed by atoms with Crippen LogP contribution in [0.5, 0.6) is 0 Å². The van der Waals surface area contributed by atoms with Crippen LogP contribution in [0.2, 0.25) is 0 Å². The Morgan fingerprint density at radius 3 is 2.52 bits per heavy atom. The predicted molar refractivity (Wildman–Crippen MR) is 118 cm³/mol. The minimum atomic E-state index is -3.58. The molecule has 2 aromatic rings. The number of sulfonamides is 1. The van der Waals surface area contributed by atoms with E-state index in [1.165, 1.54) is 22.5 Å². The van der Waals surface area contributed by atoms with Crippen molar-refractivity contribution in [3.8, 4) is 0 Å². The predicted octanol–water partition coefficient (Wildman–Crippen LogP) is 3.88. The number of hydrogen-bond donors (Lipinski definition) is 1. The van der Waals surface area contributed by atoms with Crippen LogP contribution in [0.25, 0.3) is 0 Å². The summed E-state index contributed by atoms with van der Waals surface area (Å²) in [6.45, 7) is 0.612. The van der Waals surface area contributed by atoms with Crippen LogP contribution in [-0.2, 0) is 14.8 Å². The lowest BCUT2D eigenvalue weighted by Gasteiger charge is -2.30. The lowest BCUT2D eigenvalue weighted by Crippen LogP contribution is -2.41. The molecule has 1 aliphatic heterocycles. The number of nitrogens with zero attached hydrogens (tertiary/aromatic N) is 3. The Bertz CT molecular complexity index is 1010. The van der Waals surface area contributed by atoms with Gasteiger partial charge in [0.1, 0.15) is 0 Å². The number of piperidine rings is 1. The van der Waals surface area contributed by atoms with Gasteiger partial charge in [-0.3, -0.25) is 10.1 Å². The smallest absolute Gasteiger partial charge is 0.322 e. The highest BCUT2D eigenvalue weighted by molar-refractivity contribution is 7.99. The SMILES string of the molecule is CSc1ccccc1S(=O)(=O)N1CCC(C(=O)Nc2nnc(C3CCCCC3)o2)CC1. The molecule has 1 amide bonds. The number of carbonyl (C=O) groups is 1. The van der Waals surface area contributed by atoms with Crippen LogP contribution >= 0.6 is 11.8 Å². The highest BCUT2D eigenvalue weighted by Crippen LogP contribution is 2.33. The molecule has 2 fully saturated rings. The standard InChI is InChI=1S/C21H28N4O4S2/c1-30-17-9-5-6-10-18(17)31(27,28)25-13-11-15(12-14-25)19(26)22-21-24-23-20(29-21)16-7-3-2-4-8-16/h5-6,9-10,15-16H,2-4,7-8,11-14H2,1H3,(H,22,24,26). The number of nitrogens with one attached hydrogen (secondary N) is 1. The maximum absolute atomic E-state index is 13.1. The van der Waals surface area contributed by atoms with Crippen LogP contribution in [0.3, 0.4) is 0 Å². The number of carbonyl (C=O) groups excluding carboxylic acids is 1. The molecule has 4 rings (SSSR count). The summed E-state index contributed by atoms with van der Waals surface area (Å²) in [5, 5.41) is 10.8. The summed E-state index contributed by atoms with van der Waals surface area (Å²) in [6.07, 6.45) is 8.43. The van der Waals surface area contributed by atoms with Gasteiger partial charge in [-0.25, -0.2) is 8.42 Å². The van der Waals surface area contributed by atoms with Crippen molar-refractivity contribution in [3.63, 3.8) is 0 Å². The second kappa shape index (κ2) is 9.70. The largest absolute Gasteiger partial charge is 0.408 e. The molecular weight excluding hydrogens is 436 g/mol. The average molecular weight is 465 g/mol. The molecule has 0 atom stereocenters. The summed E-state index contributed by atoms with van der Waals surface area (Å²) >= 11 is 1.41.